The molecular weight excluding hydrogens is 202 g/mol. The summed E-state index contributed by atoms with van der Waals surface area (Å²) in [7, 11) is 0. The van der Waals surface area contributed by atoms with Gasteiger partial charge in [0.2, 0.25) is 0 Å². The summed E-state index contributed by atoms with van der Waals surface area (Å²) in [4.78, 5) is 3.90. The minimum Gasteiger partial charge on any atom is -0.393 e. The van der Waals surface area contributed by atoms with Crippen LogP contribution >= 0.6 is 0 Å². The Labute approximate surface area is 95.9 Å². The van der Waals surface area contributed by atoms with Crippen molar-refractivity contribution < 1.29 is 5.11 Å². The molecule has 1 aromatic heterocycles. The van der Waals surface area contributed by atoms with E-state index in [1.807, 2.05) is 19.1 Å². The van der Waals surface area contributed by atoms with Gasteiger partial charge in [0.25, 0.3) is 0 Å². The highest BCUT2D eigenvalue weighted by molar-refractivity contribution is 5.25. The molecule has 1 heterocycles. The van der Waals surface area contributed by atoms with Crippen LogP contribution in [0.1, 0.15) is 31.0 Å². The molecule has 0 saturated heterocycles. The second-order valence-electron chi connectivity index (χ2n) is 3.69. The Balaban J connectivity index is 2.29. The lowest BCUT2D eigenvalue weighted by molar-refractivity contribution is 0.159. The first-order valence-electron chi connectivity index (χ1n) is 5.50. The van der Waals surface area contributed by atoms with Gasteiger partial charge in [-0.3, -0.25) is 0 Å². The Bertz CT molecular complexity index is 360. The summed E-state index contributed by atoms with van der Waals surface area (Å²) in [5.41, 5.74) is 1.48. The number of rotatable bonds is 6. The molecule has 0 aliphatic carbocycles. The Morgan fingerprint density at radius 1 is 1.62 bits per heavy atom. The highest BCUT2D eigenvalue weighted by Crippen LogP contribution is 2.01. The van der Waals surface area contributed by atoms with E-state index in [-0.39, 0.29) is 6.10 Å². The van der Waals surface area contributed by atoms with Crippen molar-refractivity contribution in [1.29, 1.82) is 5.26 Å². The number of hydrogen-bond acceptors (Lipinski definition) is 4. The normalized spacial score (nSPS) is 12.1. The standard InChI is InChI=1S/C12H17N3O/c1-2-12(16)4-5-14-9-10-3-6-15-11(7-10)8-13/h3,6-7,12,14,16H,2,4-5,9H2,1H3. The first-order valence-corrected chi connectivity index (χ1v) is 5.50. The lowest BCUT2D eigenvalue weighted by Gasteiger charge is -2.08. The molecule has 0 aliphatic rings. The lowest BCUT2D eigenvalue weighted by Crippen LogP contribution is -2.19. The van der Waals surface area contributed by atoms with Gasteiger partial charge in [-0.15, -0.1) is 0 Å². The minimum absolute atomic E-state index is 0.223. The maximum atomic E-state index is 9.34. The molecule has 1 unspecified atom stereocenters. The molecule has 0 amide bonds. The van der Waals surface area contributed by atoms with Gasteiger partial charge in [0.1, 0.15) is 11.8 Å². The molecule has 1 atom stereocenters. The van der Waals surface area contributed by atoms with E-state index in [9.17, 15) is 5.11 Å². The molecule has 0 radical (unpaired) electrons. The van der Waals surface area contributed by atoms with Crippen LogP contribution in [0, 0.1) is 11.3 Å². The van der Waals surface area contributed by atoms with Gasteiger partial charge in [-0.2, -0.15) is 5.26 Å². The Kier molecular flexibility index (Phi) is 5.48. The van der Waals surface area contributed by atoms with Crippen molar-refractivity contribution in [3.05, 3.63) is 29.6 Å². The van der Waals surface area contributed by atoms with Gasteiger partial charge in [-0.05, 0) is 37.1 Å². The summed E-state index contributed by atoms with van der Waals surface area (Å²) >= 11 is 0. The molecule has 4 nitrogen and oxygen atoms in total. The van der Waals surface area contributed by atoms with Gasteiger partial charge in [0, 0.05) is 12.7 Å². The average Bonchev–Trinajstić information content (AvgIpc) is 2.34. The number of nitrogens with one attached hydrogen (secondary N) is 1. The largest absolute Gasteiger partial charge is 0.393 e. The minimum atomic E-state index is -0.223. The topological polar surface area (TPSA) is 68.9 Å². The maximum Gasteiger partial charge on any atom is 0.140 e. The first kappa shape index (κ1) is 12.6. The second kappa shape index (κ2) is 6.94. The third-order valence-corrected chi connectivity index (χ3v) is 2.39. The van der Waals surface area contributed by atoms with Crippen LogP contribution in [-0.2, 0) is 6.54 Å². The van der Waals surface area contributed by atoms with Gasteiger partial charge in [-0.25, -0.2) is 4.98 Å². The summed E-state index contributed by atoms with van der Waals surface area (Å²) < 4.78 is 0. The lowest BCUT2D eigenvalue weighted by atomic mass is 10.2. The smallest absolute Gasteiger partial charge is 0.140 e. The van der Waals surface area contributed by atoms with Gasteiger partial charge in [-0.1, -0.05) is 6.92 Å². The highest BCUT2D eigenvalue weighted by atomic mass is 16.3. The Morgan fingerprint density at radius 2 is 2.44 bits per heavy atom. The van der Waals surface area contributed by atoms with Crippen molar-refractivity contribution in [2.24, 2.45) is 0 Å². The van der Waals surface area contributed by atoms with Crippen LogP contribution in [0.3, 0.4) is 0 Å². The summed E-state index contributed by atoms with van der Waals surface area (Å²) in [5.74, 6) is 0. The van der Waals surface area contributed by atoms with Crippen LogP contribution in [0.15, 0.2) is 18.3 Å². The molecule has 0 spiro atoms. The van der Waals surface area contributed by atoms with Crippen molar-refractivity contribution in [2.75, 3.05) is 6.54 Å². The highest BCUT2D eigenvalue weighted by Gasteiger charge is 2.00. The molecule has 0 fully saturated rings. The number of aliphatic hydroxyl groups excluding tert-OH is 1. The summed E-state index contributed by atoms with van der Waals surface area (Å²) in [6, 6.07) is 5.65. The monoisotopic (exact) mass is 219 g/mol. The number of hydrogen-bond donors (Lipinski definition) is 2. The molecule has 16 heavy (non-hydrogen) atoms. The number of nitriles is 1. The fourth-order valence-electron chi connectivity index (χ4n) is 1.35. The average molecular weight is 219 g/mol. The molecule has 86 valence electrons. The van der Waals surface area contributed by atoms with Gasteiger partial charge in [0.15, 0.2) is 0 Å². The molecule has 2 N–H and O–H groups in total. The zero-order valence-corrected chi connectivity index (χ0v) is 9.48. The van der Waals surface area contributed by atoms with E-state index in [0.717, 1.165) is 24.9 Å². The van der Waals surface area contributed by atoms with Crippen LogP contribution in [0.5, 0.6) is 0 Å². The van der Waals surface area contributed by atoms with Crippen molar-refractivity contribution in [2.45, 2.75) is 32.4 Å². The van der Waals surface area contributed by atoms with Crippen molar-refractivity contribution in [1.82, 2.24) is 10.3 Å². The fourth-order valence-corrected chi connectivity index (χ4v) is 1.35. The molecule has 1 aromatic rings. The first-order chi connectivity index (χ1) is 7.76. The van der Waals surface area contributed by atoms with E-state index < -0.39 is 0 Å². The van der Waals surface area contributed by atoms with Gasteiger partial charge in [0.05, 0.1) is 6.10 Å². The number of nitrogens with zero attached hydrogens (tertiary/aromatic N) is 2. The van der Waals surface area contributed by atoms with Crippen LogP contribution < -0.4 is 5.32 Å². The van der Waals surface area contributed by atoms with E-state index >= 15 is 0 Å². The van der Waals surface area contributed by atoms with Crippen molar-refractivity contribution >= 4 is 0 Å². The predicted octanol–water partition coefficient (Wildman–Crippen LogP) is 1.20. The third-order valence-electron chi connectivity index (χ3n) is 2.39. The van der Waals surface area contributed by atoms with Gasteiger partial charge >= 0.3 is 0 Å². The van der Waals surface area contributed by atoms with Crippen LogP contribution in [-0.4, -0.2) is 22.7 Å². The summed E-state index contributed by atoms with van der Waals surface area (Å²) in [6.07, 6.45) is 2.96. The summed E-state index contributed by atoms with van der Waals surface area (Å²) in [5, 5.41) is 21.2. The van der Waals surface area contributed by atoms with E-state index in [1.165, 1.54) is 0 Å². The van der Waals surface area contributed by atoms with Crippen molar-refractivity contribution in [3.63, 3.8) is 0 Å². The van der Waals surface area contributed by atoms with E-state index in [1.54, 1.807) is 12.3 Å². The Hall–Kier alpha value is -1.44. The number of aliphatic hydroxyl groups is 1. The molecule has 0 saturated carbocycles. The molecular formula is C12H17N3O. The molecule has 0 bridgehead atoms. The van der Waals surface area contributed by atoms with Crippen molar-refractivity contribution in [3.8, 4) is 6.07 Å². The zero-order valence-electron chi connectivity index (χ0n) is 9.48. The molecule has 0 aromatic carbocycles. The van der Waals surface area contributed by atoms with Crippen LogP contribution in [0.25, 0.3) is 0 Å². The third kappa shape index (κ3) is 4.39. The SMILES string of the molecule is CCC(O)CCNCc1ccnc(C#N)c1. The van der Waals surface area contributed by atoms with E-state index in [4.69, 9.17) is 5.26 Å². The van der Waals surface area contributed by atoms with Crippen LogP contribution in [0.4, 0.5) is 0 Å². The molecule has 4 heteroatoms. The zero-order chi connectivity index (χ0) is 11.8. The van der Waals surface area contributed by atoms with Crippen LogP contribution in [0.2, 0.25) is 0 Å². The van der Waals surface area contributed by atoms with Gasteiger partial charge < -0.3 is 10.4 Å². The maximum absolute atomic E-state index is 9.34. The Morgan fingerprint density at radius 3 is 3.12 bits per heavy atom. The number of pyridine rings is 1. The molecule has 1 rings (SSSR count). The second-order valence-corrected chi connectivity index (χ2v) is 3.69. The quantitative estimate of drug-likeness (QED) is 0.705. The molecule has 0 aliphatic heterocycles. The fraction of sp³-hybridized carbons (Fsp3) is 0.500. The van der Waals surface area contributed by atoms with E-state index in [0.29, 0.717) is 12.2 Å². The van der Waals surface area contributed by atoms with E-state index in [2.05, 4.69) is 10.3 Å². The predicted molar refractivity (Wildman–Crippen MR) is 61.6 cm³/mol. The summed E-state index contributed by atoms with van der Waals surface area (Å²) in [6.45, 7) is 3.44. The number of aromatic nitrogens is 1.